The summed E-state index contributed by atoms with van der Waals surface area (Å²) in [5.41, 5.74) is -0.890. The highest BCUT2D eigenvalue weighted by molar-refractivity contribution is 7.91. The number of aliphatic hydroxyl groups is 1. The van der Waals surface area contributed by atoms with Gasteiger partial charge >= 0.3 is 6.18 Å². The van der Waals surface area contributed by atoms with E-state index >= 15 is 0 Å². The molecule has 0 radical (unpaired) electrons. The summed E-state index contributed by atoms with van der Waals surface area (Å²) in [7, 11) is -3.80. The third kappa shape index (κ3) is 4.80. The number of halogens is 3. The number of thiophene rings is 1. The Labute approximate surface area is 170 Å². The quantitative estimate of drug-likeness (QED) is 0.712. The standard InChI is InChI=1S/C18H19F3N2O4S2/c19-18(20,21)13-5-1-4-12(10-13)15(24)11-22-17(25)14-6-2-8-23(14)29(26,27)16-7-3-9-28-16/h1,3-5,7,9-10,14-15,24H,2,6,8,11H2,(H,22,25)/t14-,15-/m0/s1. The molecular weight excluding hydrogens is 429 g/mol. The van der Waals surface area contributed by atoms with Gasteiger partial charge in [0.05, 0.1) is 11.7 Å². The number of nitrogens with one attached hydrogen (secondary N) is 1. The number of hydrogen-bond donors (Lipinski definition) is 2. The van der Waals surface area contributed by atoms with Gasteiger partial charge in [0.1, 0.15) is 10.3 Å². The number of sulfonamides is 1. The summed E-state index contributed by atoms with van der Waals surface area (Å²) >= 11 is 1.06. The molecule has 0 spiro atoms. The smallest absolute Gasteiger partial charge is 0.387 e. The molecule has 2 heterocycles. The van der Waals surface area contributed by atoms with E-state index in [9.17, 15) is 31.5 Å². The molecule has 0 unspecified atom stereocenters. The van der Waals surface area contributed by atoms with Gasteiger partial charge in [0.25, 0.3) is 10.0 Å². The van der Waals surface area contributed by atoms with Gasteiger partial charge in [-0.15, -0.1) is 11.3 Å². The van der Waals surface area contributed by atoms with Gasteiger partial charge in [-0.2, -0.15) is 17.5 Å². The van der Waals surface area contributed by atoms with Gasteiger partial charge in [0.2, 0.25) is 5.91 Å². The zero-order valence-corrected chi connectivity index (χ0v) is 16.7. The molecule has 1 amide bonds. The lowest BCUT2D eigenvalue weighted by Crippen LogP contribution is -2.46. The Hall–Kier alpha value is -1.95. The lowest BCUT2D eigenvalue weighted by Gasteiger charge is -2.23. The predicted octanol–water partition coefficient (Wildman–Crippen LogP) is 2.77. The SMILES string of the molecule is O=C(NC[C@H](O)c1cccc(C(F)(F)F)c1)[C@@H]1CCCN1S(=O)(=O)c1cccs1. The monoisotopic (exact) mass is 448 g/mol. The van der Waals surface area contributed by atoms with E-state index < -0.39 is 39.8 Å². The van der Waals surface area contributed by atoms with Crippen molar-refractivity contribution in [2.24, 2.45) is 0 Å². The van der Waals surface area contributed by atoms with Crippen molar-refractivity contribution in [3.63, 3.8) is 0 Å². The van der Waals surface area contributed by atoms with Gasteiger partial charge in [-0.1, -0.05) is 18.2 Å². The second kappa shape index (κ2) is 8.42. The second-order valence-electron chi connectivity index (χ2n) is 6.59. The maximum atomic E-state index is 12.8. The van der Waals surface area contributed by atoms with Crippen molar-refractivity contribution < 1.29 is 31.5 Å². The molecule has 1 saturated heterocycles. The van der Waals surface area contributed by atoms with Crippen LogP contribution in [-0.2, 0) is 21.0 Å². The van der Waals surface area contributed by atoms with Crippen molar-refractivity contribution in [1.29, 1.82) is 0 Å². The van der Waals surface area contributed by atoms with Crippen LogP contribution in [0.2, 0.25) is 0 Å². The summed E-state index contributed by atoms with van der Waals surface area (Å²) in [6, 6.07) is 6.36. The molecule has 1 fully saturated rings. The first kappa shape index (κ1) is 21.8. The van der Waals surface area contributed by atoms with E-state index in [1.165, 1.54) is 18.2 Å². The van der Waals surface area contributed by atoms with Crippen LogP contribution in [-0.4, -0.2) is 42.9 Å². The molecule has 1 aliphatic rings. The first-order valence-electron chi connectivity index (χ1n) is 8.79. The minimum atomic E-state index is -4.54. The van der Waals surface area contributed by atoms with Crippen molar-refractivity contribution >= 4 is 27.3 Å². The normalized spacial score (nSPS) is 19.2. The van der Waals surface area contributed by atoms with E-state index in [4.69, 9.17) is 0 Å². The summed E-state index contributed by atoms with van der Waals surface area (Å²) < 4.78 is 65.1. The zero-order valence-electron chi connectivity index (χ0n) is 15.1. The first-order chi connectivity index (χ1) is 13.6. The molecule has 0 aliphatic carbocycles. The second-order valence-corrected chi connectivity index (χ2v) is 9.66. The molecule has 11 heteroatoms. The highest BCUT2D eigenvalue weighted by Gasteiger charge is 2.40. The number of carbonyl (C=O) groups is 1. The summed E-state index contributed by atoms with van der Waals surface area (Å²) in [6.07, 6.45) is -5.06. The summed E-state index contributed by atoms with van der Waals surface area (Å²) in [6.45, 7) is -0.127. The number of nitrogens with zero attached hydrogens (tertiary/aromatic N) is 1. The Morgan fingerprint density at radius 2 is 2.07 bits per heavy atom. The van der Waals surface area contributed by atoms with Crippen molar-refractivity contribution in [2.75, 3.05) is 13.1 Å². The van der Waals surface area contributed by atoms with Crippen molar-refractivity contribution in [1.82, 2.24) is 9.62 Å². The Morgan fingerprint density at radius 1 is 1.31 bits per heavy atom. The van der Waals surface area contributed by atoms with E-state index in [0.29, 0.717) is 12.8 Å². The lowest BCUT2D eigenvalue weighted by atomic mass is 10.1. The molecule has 1 aliphatic heterocycles. The molecule has 2 atom stereocenters. The maximum absolute atomic E-state index is 12.8. The van der Waals surface area contributed by atoms with Crippen molar-refractivity contribution in [3.05, 3.63) is 52.9 Å². The lowest BCUT2D eigenvalue weighted by molar-refractivity contribution is -0.137. The first-order valence-corrected chi connectivity index (χ1v) is 11.1. The average Bonchev–Trinajstić information content (AvgIpc) is 3.37. The summed E-state index contributed by atoms with van der Waals surface area (Å²) in [4.78, 5) is 12.5. The number of amides is 1. The minimum absolute atomic E-state index is 0.00890. The van der Waals surface area contributed by atoms with Crippen LogP contribution in [0.1, 0.15) is 30.1 Å². The molecule has 3 rings (SSSR count). The van der Waals surface area contributed by atoms with E-state index in [-0.39, 0.29) is 22.9 Å². The van der Waals surface area contributed by atoms with E-state index in [1.54, 1.807) is 11.4 Å². The Balaban J connectivity index is 1.66. The zero-order chi connectivity index (χ0) is 21.2. The predicted molar refractivity (Wildman–Crippen MR) is 101 cm³/mol. The fourth-order valence-electron chi connectivity index (χ4n) is 3.17. The van der Waals surface area contributed by atoms with Crippen LogP contribution in [0, 0.1) is 0 Å². The van der Waals surface area contributed by atoms with Crippen molar-refractivity contribution in [2.45, 2.75) is 35.4 Å². The molecule has 2 aromatic rings. The van der Waals surface area contributed by atoms with Gasteiger partial charge in [0, 0.05) is 13.1 Å². The molecule has 0 bridgehead atoms. The van der Waals surface area contributed by atoms with E-state index in [1.807, 2.05) is 0 Å². The topological polar surface area (TPSA) is 86.7 Å². The number of benzene rings is 1. The van der Waals surface area contributed by atoms with Gasteiger partial charge in [-0.05, 0) is 42.0 Å². The minimum Gasteiger partial charge on any atom is -0.387 e. The number of alkyl halides is 3. The fourth-order valence-corrected chi connectivity index (χ4v) is 5.95. The molecule has 2 N–H and O–H groups in total. The van der Waals surface area contributed by atoms with Crippen LogP contribution >= 0.6 is 11.3 Å². The number of rotatable bonds is 6. The summed E-state index contributed by atoms with van der Waals surface area (Å²) in [5, 5.41) is 14.3. The third-order valence-electron chi connectivity index (χ3n) is 4.63. The molecular formula is C18H19F3N2O4S2. The van der Waals surface area contributed by atoms with Gasteiger partial charge in [0.15, 0.2) is 0 Å². The Morgan fingerprint density at radius 3 is 2.72 bits per heavy atom. The van der Waals surface area contributed by atoms with Crippen LogP contribution in [0.15, 0.2) is 46.0 Å². The third-order valence-corrected chi connectivity index (χ3v) is 7.91. The van der Waals surface area contributed by atoms with Crippen LogP contribution in [0.25, 0.3) is 0 Å². The fraction of sp³-hybridized carbons (Fsp3) is 0.389. The number of hydrogen-bond acceptors (Lipinski definition) is 5. The van der Waals surface area contributed by atoms with Crippen molar-refractivity contribution in [3.8, 4) is 0 Å². The van der Waals surface area contributed by atoms with E-state index in [0.717, 1.165) is 27.8 Å². The average molecular weight is 448 g/mol. The largest absolute Gasteiger partial charge is 0.416 e. The maximum Gasteiger partial charge on any atom is 0.416 e. The molecule has 1 aromatic heterocycles. The molecule has 6 nitrogen and oxygen atoms in total. The highest BCUT2D eigenvalue weighted by atomic mass is 32.2. The van der Waals surface area contributed by atoms with E-state index in [2.05, 4.69) is 5.32 Å². The summed E-state index contributed by atoms with van der Waals surface area (Å²) in [5.74, 6) is -0.589. The van der Waals surface area contributed by atoms with Crippen LogP contribution in [0.4, 0.5) is 13.2 Å². The highest BCUT2D eigenvalue weighted by Crippen LogP contribution is 2.31. The molecule has 29 heavy (non-hydrogen) atoms. The molecule has 0 saturated carbocycles. The Bertz CT molecular complexity index is 962. The van der Waals surface area contributed by atoms with Crippen LogP contribution in [0.5, 0.6) is 0 Å². The molecule has 1 aromatic carbocycles. The van der Waals surface area contributed by atoms with Gasteiger partial charge in [-0.3, -0.25) is 4.79 Å². The van der Waals surface area contributed by atoms with Crippen LogP contribution in [0.3, 0.4) is 0 Å². The van der Waals surface area contributed by atoms with Gasteiger partial charge in [-0.25, -0.2) is 8.42 Å². The van der Waals surface area contributed by atoms with Gasteiger partial charge < -0.3 is 10.4 Å². The molecule has 158 valence electrons. The number of aliphatic hydroxyl groups excluding tert-OH is 1. The van der Waals surface area contributed by atoms with Crippen LogP contribution < -0.4 is 5.32 Å². The number of carbonyl (C=O) groups excluding carboxylic acids is 1. The Kier molecular flexibility index (Phi) is 6.32.